The summed E-state index contributed by atoms with van der Waals surface area (Å²) in [6.07, 6.45) is 0. The molecule has 3 N–H and O–H groups in total. The molecule has 1 heterocycles. The predicted octanol–water partition coefficient (Wildman–Crippen LogP) is 0.868. The molecule has 3 aromatic rings. The van der Waals surface area contributed by atoms with E-state index in [1.807, 2.05) is 24.3 Å². The zero-order valence-corrected chi connectivity index (χ0v) is 12.8. The predicted molar refractivity (Wildman–Crippen MR) is 85.7 cm³/mol. The van der Waals surface area contributed by atoms with Crippen LogP contribution in [0.25, 0.3) is 16.7 Å². The van der Waals surface area contributed by atoms with Crippen molar-refractivity contribution in [1.29, 1.82) is 0 Å². The second-order valence-electron chi connectivity index (χ2n) is 4.91. The van der Waals surface area contributed by atoms with Crippen molar-refractivity contribution >= 4 is 11.0 Å². The summed E-state index contributed by atoms with van der Waals surface area (Å²) in [6, 6.07) is 10.3. The van der Waals surface area contributed by atoms with Gasteiger partial charge in [-0.05, 0) is 12.1 Å². The van der Waals surface area contributed by atoms with E-state index in [-0.39, 0.29) is 43.6 Å². The summed E-state index contributed by atoms with van der Waals surface area (Å²) in [5, 5.41) is 36.9. The number of aromatic nitrogens is 3. The number of benzene rings is 2. The highest BCUT2D eigenvalue weighted by molar-refractivity contribution is 5.74. The van der Waals surface area contributed by atoms with Crippen LogP contribution in [0.15, 0.2) is 36.4 Å². The molecule has 0 spiro atoms. The van der Waals surface area contributed by atoms with Crippen molar-refractivity contribution in [3.8, 4) is 22.9 Å². The van der Waals surface area contributed by atoms with Crippen molar-refractivity contribution in [2.24, 2.45) is 0 Å². The Bertz CT molecular complexity index is 801. The molecular formula is C16H17N3O5. The van der Waals surface area contributed by atoms with Gasteiger partial charge < -0.3 is 24.8 Å². The van der Waals surface area contributed by atoms with E-state index in [4.69, 9.17) is 19.7 Å². The summed E-state index contributed by atoms with van der Waals surface area (Å²) >= 11 is 0. The van der Waals surface area contributed by atoms with Gasteiger partial charge in [0.05, 0.1) is 13.2 Å². The van der Waals surface area contributed by atoms with Crippen LogP contribution in [-0.2, 0) is 0 Å². The minimum atomic E-state index is -0.194. The monoisotopic (exact) mass is 331 g/mol. The second-order valence-corrected chi connectivity index (χ2v) is 4.91. The number of rotatable bonds is 7. The first-order valence-electron chi connectivity index (χ1n) is 7.39. The molecule has 0 bridgehead atoms. The first kappa shape index (κ1) is 16.0. The van der Waals surface area contributed by atoms with Crippen molar-refractivity contribution in [1.82, 2.24) is 15.0 Å². The minimum absolute atomic E-state index is 0.0188. The summed E-state index contributed by atoms with van der Waals surface area (Å²) in [5.41, 5.74) is 1.63. The fraction of sp³-hybridized carbons (Fsp3) is 0.250. The highest BCUT2D eigenvalue weighted by Crippen LogP contribution is 2.37. The first-order chi connectivity index (χ1) is 11.7. The van der Waals surface area contributed by atoms with E-state index < -0.39 is 0 Å². The van der Waals surface area contributed by atoms with Crippen LogP contribution in [0, 0.1) is 0 Å². The van der Waals surface area contributed by atoms with Gasteiger partial charge in [0.15, 0.2) is 11.5 Å². The normalized spacial score (nSPS) is 10.9. The van der Waals surface area contributed by atoms with E-state index >= 15 is 0 Å². The fourth-order valence-electron chi connectivity index (χ4n) is 2.20. The third-order valence-electron chi connectivity index (χ3n) is 3.24. The van der Waals surface area contributed by atoms with Crippen LogP contribution < -0.4 is 9.47 Å². The number of fused-ring (bicyclic) bond motifs is 1. The smallest absolute Gasteiger partial charge is 0.186 e. The molecule has 0 aliphatic carbocycles. The van der Waals surface area contributed by atoms with Crippen LogP contribution in [0.4, 0.5) is 0 Å². The zero-order valence-electron chi connectivity index (χ0n) is 12.8. The first-order valence-corrected chi connectivity index (χ1v) is 7.39. The molecule has 24 heavy (non-hydrogen) atoms. The van der Waals surface area contributed by atoms with Crippen molar-refractivity contribution in [3.05, 3.63) is 36.4 Å². The Balaban J connectivity index is 2.06. The molecule has 0 atom stereocenters. The molecular weight excluding hydrogens is 314 g/mol. The molecule has 0 radical (unpaired) electrons. The molecule has 0 fully saturated rings. The maximum Gasteiger partial charge on any atom is 0.186 e. The van der Waals surface area contributed by atoms with Gasteiger partial charge in [-0.25, -0.2) is 0 Å². The van der Waals surface area contributed by atoms with Crippen molar-refractivity contribution in [2.45, 2.75) is 0 Å². The Hall–Kier alpha value is -2.84. The molecule has 0 unspecified atom stereocenters. The summed E-state index contributed by atoms with van der Waals surface area (Å²) in [4.78, 5) is 1.29. The molecule has 0 saturated heterocycles. The summed E-state index contributed by atoms with van der Waals surface area (Å²) in [6.45, 7) is -0.226. The highest BCUT2D eigenvalue weighted by Gasteiger charge is 2.16. The Morgan fingerprint density at radius 2 is 1.54 bits per heavy atom. The van der Waals surface area contributed by atoms with E-state index in [2.05, 4.69) is 10.2 Å². The molecule has 8 heteroatoms. The topological polar surface area (TPSA) is 110 Å². The molecule has 0 amide bonds. The van der Waals surface area contributed by atoms with Gasteiger partial charge in [0, 0.05) is 12.1 Å². The van der Waals surface area contributed by atoms with Gasteiger partial charge in [0.2, 0.25) is 0 Å². The van der Waals surface area contributed by atoms with Gasteiger partial charge in [0.25, 0.3) is 0 Å². The van der Waals surface area contributed by atoms with Crippen LogP contribution in [0.5, 0.6) is 17.2 Å². The molecule has 8 nitrogen and oxygen atoms in total. The fourth-order valence-corrected chi connectivity index (χ4v) is 2.20. The maximum absolute atomic E-state index is 10.4. The van der Waals surface area contributed by atoms with Crippen LogP contribution in [0.1, 0.15) is 0 Å². The standard InChI is InChI=1S/C16H17N3O5/c20-5-7-23-11-9-14(16(22)15(10-11)24-8-6-21)19-17-12-3-1-2-4-13(12)18-19/h1-4,9-10,20-22H,5-8H2. The average Bonchev–Trinajstić information content (AvgIpc) is 3.03. The van der Waals surface area contributed by atoms with Crippen LogP contribution in [0.3, 0.4) is 0 Å². The molecule has 126 valence electrons. The number of phenols is 1. The number of ether oxygens (including phenoxy) is 2. The van der Waals surface area contributed by atoms with Crippen LogP contribution >= 0.6 is 0 Å². The third kappa shape index (κ3) is 3.24. The number of phenolic OH excluding ortho intramolecular Hbond substituents is 1. The largest absolute Gasteiger partial charge is 0.503 e. The Kier molecular flexibility index (Phi) is 4.78. The Morgan fingerprint density at radius 1 is 0.917 bits per heavy atom. The highest BCUT2D eigenvalue weighted by atomic mass is 16.5. The van der Waals surface area contributed by atoms with Gasteiger partial charge in [-0.3, -0.25) is 0 Å². The molecule has 3 rings (SSSR count). The van der Waals surface area contributed by atoms with Gasteiger partial charge in [0.1, 0.15) is 35.7 Å². The van der Waals surface area contributed by atoms with Crippen molar-refractivity contribution in [2.75, 3.05) is 26.4 Å². The molecule has 0 aliphatic heterocycles. The second kappa shape index (κ2) is 7.16. The van der Waals surface area contributed by atoms with Gasteiger partial charge in [-0.15, -0.1) is 15.0 Å². The number of hydrogen-bond donors (Lipinski definition) is 3. The molecule has 0 aliphatic rings. The SMILES string of the molecule is OCCOc1cc(OCCO)c(O)c(-n2nc3ccccc3n2)c1. The van der Waals surface area contributed by atoms with Gasteiger partial charge in [-0.2, -0.15) is 0 Å². The summed E-state index contributed by atoms with van der Waals surface area (Å²) in [5.74, 6) is 0.349. The summed E-state index contributed by atoms with van der Waals surface area (Å²) in [7, 11) is 0. The molecule has 1 aromatic heterocycles. The Labute approximate surface area is 137 Å². The van der Waals surface area contributed by atoms with Gasteiger partial charge >= 0.3 is 0 Å². The number of hydrogen-bond acceptors (Lipinski definition) is 7. The quantitative estimate of drug-likeness (QED) is 0.589. The van der Waals surface area contributed by atoms with E-state index in [1.165, 1.54) is 10.9 Å². The molecule has 0 saturated carbocycles. The number of aromatic hydroxyl groups is 1. The van der Waals surface area contributed by atoms with Crippen LogP contribution in [0.2, 0.25) is 0 Å². The number of aliphatic hydroxyl groups excluding tert-OH is 2. The van der Waals surface area contributed by atoms with Crippen molar-refractivity contribution in [3.63, 3.8) is 0 Å². The van der Waals surface area contributed by atoms with E-state index in [0.29, 0.717) is 16.8 Å². The number of nitrogens with zero attached hydrogens (tertiary/aromatic N) is 3. The van der Waals surface area contributed by atoms with Crippen molar-refractivity contribution < 1.29 is 24.8 Å². The maximum atomic E-state index is 10.4. The zero-order chi connectivity index (χ0) is 16.9. The van der Waals surface area contributed by atoms with Gasteiger partial charge in [-0.1, -0.05) is 12.1 Å². The third-order valence-corrected chi connectivity index (χ3v) is 3.24. The lowest BCUT2D eigenvalue weighted by atomic mass is 10.2. The average molecular weight is 331 g/mol. The lowest BCUT2D eigenvalue weighted by Crippen LogP contribution is -2.07. The van der Waals surface area contributed by atoms with Crippen LogP contribution in [-0.4, -0.2) is 56.7 Å². The molecule has 2 aromatic carbocycles. The Morgan fingerprint density at radius 3 is 2.17 bits per heavy atom. The van der Waals surface area contributed by atoms with E-state index in [0.717, 1.165) is 0 Å². The minimum Gasteiger partial charge on any atom is -0.503 e. The van der Waals surface area contributed by atoms with E-state index in [1.54, 1.807) is 6.07 Å². The number of aliphatic hydroxyl groups is 2. The summed E-state index contributed by atoms with van der Waals surface area (Å²) < 4.78 is 10.7. The lowest BCUT2D eigenvalue weighted by molar-refractivity contribution is 0.191. The lowest BCUT2D eigenvalue weighted by Gasteiger charge is -2.13. The van der Waals surface area contributed by atoms with E-state index in [9.17, 15) is 5.11 Å².